The number of hydrogen-bond acceptors (Lipinski definition) is 8. The number of hydrogen-bond donors (Lipinski definition) is 1. The van der Waals surface area contributed by atoms with Crippen molar-refractivity contribution in [2.24, 2.45) is 0 Å². The van der Waals surface area contributed by atoms with Crippen LogP contribution in [-0.4, -0.2) is 42.3 Å². The van der Waals surface area contributed by atoms with E-state index in [4.69, 9.17) is 18.9 Å². The van der Waals surface area contributed by atoms with Gasteiger partial charge in [0.1, 0.15) is 0 Å². The molecule has 1 N–H and O–H groups in total. The lowest BCUT2D eigenvalue weighted by Crippen LogP contribution is -2.49. The Labute approximate surface area is 161 Å². The summed E-state index contributed by atoms with van der Waals surface area (Å²) in [5.41, 5.74) is 0.859. The van der Waals surface area contributed by atoms with E-state index in [2.05, 4.69) is 5.32 Å². The van der Waals surface area contributed by atoms with E-state index in [1.807, 2.05) is 30.3 Å². The average Bonchev–Trinajstić information content (AvgIpc) is 2.61. The Hall–Kier alpha value is -3.36. The molecule has 1 aromatic carbocycles. The zero-order valence-electron chi connectivity index (χ0n) is 15.7. The quantitative estimate of drug-likeness (QED) is 0.563. The smallest absolute Gasteiger partial charge is 0.305 e. The molecule has 0 radical (unpaired) electrons. The van der Waals surface area contributed by atoms with Crippen molar-refractivity contribution in [2.75, 3.05) is 0 Å². The highest BCUT2D eigenvalue weighted by atomic mass is 16.7. The van der Waals surface area contributed by atoms with Gasteiger partial charge in [-0.25, -0.2) is 0 Å². The predicted octanol–water partition coefficient (Wildman–Crippen LogP) is 0.969. The third-order valence-electron chi connectivity index (χ3n) is 3.56. The summed E-state index contributed by atoms with van der Waals surface area (Å²) in [6, 6.07) is 9.16. The molecule has 0 bridgehead atoms. The van der Waals surface area contributed by atoms with Gasteiger partial charge in [0.15, 0.2) is 11.9 Å². The summed E-state index contributed by atoms with van der Waals surface area (Å²) in [5.74, 6) is -2.94. The fraction of sp³-hybridized carbons (Fsp3) is 0.368. The largest absolute Gasteiger partial charge is 0.454 e. The van der Waals surface area contributed by atoms with Crippen molar-refractivity contribution >= 4 is 23.8 Å². The van der Waals surface area contributed by atoms with Gasteiger partial charge in [0.25, 0.3) is 12.2 Å². The summed E-state index contributed by atoms with van der Waals surface area (Å²) in [4.78, 5) is 46.7. The molecule has 9 heteroatoms. The average molecular weight is 391 g/mol. The molecule has 0 saturated carbocycles. The first-order chi connectivity index (χ1) is 13.3. The first-order valence-corrected chi connectivity index (χ1v) is 8.48. The van der Waals surface area contributed by atoms with Gasteiger partial charge in [0.2, 0.25) is 6.10 Å². The van der Waals surface area contributed by atoms with Crippen molar-refractivity contribution in [1.29, 1.82) is 0 Å². The van der Waals surface area contributed by atoms with E-state index in [-0.39, 0.29) is 12.3 Å². The summed E-state index contributed by atoms with van der Waals surface area (Å²) < 4.78 is 20.6. The molecule has 0 aliphatic carbocycles. The van der Waals surface area contributed by atoms with Crippen LogP contribution in [0.3, 0.4) is 0 Å². The summed E-state index contributed by atoms with van der Waals surface area (Å²) in [5, 5.41) is 2.65. The van der Waals surface area contributed by atoms with Crippen LogP contribution in [-0.2, 0) is 44.7 Å². The summed E-state index contributed by atoms with van der Waals surface area (Å²) in [6.07, 6.45) is -2.67. The standard InChI is InChI=1S/C19H21NO8/c1-11(21)25-15-9-16(18(24)20-10-14-7-5-4-6-8-14)28-19(27-13(3)23)17(15)26-12(2)22/h4-9,15,17,19H,10H2,1-3H3,(H,20,24)/t15-,17+,19+/m0/s1. The maximum Gasteiger partial charge on any atom is 0.305 e. The minimum absolute atomic E-state index is 0.225. The minimum atomic E-state index is -1.45. The molecular formula is C19H21NO8. The maximum absolute atomic E-state index is 12.5. The molecule has 3 atom stereocenters. The lowest BCUT2D eigenvalue weighted by Gasteiger charge is -2.34. The number of amides is 1. The molecule has 0 aromatic heterocycles. The molecule has 1 amide bonds. The van der Waals surface area contributed by atoms with Crippen LogP contribution in [0.2, 0.25) is 0 Å². The molecule has 1 aliphatic heterocycles. The fourth-order valence-corrected chi connectivity index (χ4v) is 2.49. The van der Waals surface area contributed by atoms with E-state index < -0.39 is 42.3 Å². The lowest BCUT2D eigenvalue weighted by atomic mass is 10.1. The first kappa shape index (κ1) is 20.9. The van der Waals surface area contributed by atoms with Gasteiger partial charge in [-0.15, -0.1) is 0 Å². The lowest BCUT2D eigenvalue weighted by molar-refractivity contribution is -0.222. The number of esters is 3. The van der Waals surface area contributed by atoms with Crippen molar-refractivity contribution in [3.05, 3.63) is 47.7 Å². The summed E-state index contributed by atoms with van der Waals surface area (Å²) in [6.45, 7) is 3.65. The second kappa shape index (κ2) is 9.54. The maximum atomic E-state index is 12.5. The van der Waals surface area contributed by atoms with Crippen LogP contribution in [0.15, 0.2) is 42.2 Å². The molecule has 1 aromatic rings. The van der Waals surface area contributed by atoms with Crippen molar-refractivity contribution < 1.29 is 38.1 Å². The van der Waals surface area contributed by atoms with E-state index in [0.29, 0.717) is 0 Å². The van der Waals surface area contributed by atoms with Gasteiger partial charge in [0, 0.05) is 33.4 Å². The fourth-order valence-electron chi connectivity index (χ4n) is 2.49. The molecule has 1 aliphatic rings. The van der Waals surface area contributed by atoms with E-state index in [9.17, 15) is 19.2 Å². The monoisotopic (exact) mass is 391 g/mol. The van der Waals surface area contributed by atoms with E-state index in [1.54, 1.807) is 0 Å². The number of nitrogens with one attached hydrogen (secondary N) is 1. The van der Waals surface area contributed by atoms with Gasteiger partial charge in [-0.2, -0.15) is 0 Å². The SMILES string of the molecule is CC(=O)O[C@@H]1OC(C(=O)NCc2ccccc2)=C[C@H](OC(C)=O)[C@H]1OC(C)=O. The number of benzene rings is 1. The second-order valence-corrected chi connectivity index (χ2v) is 5.94. The molecule has 0 saturated heterocycles. The van der Waals surface area contributed by atoms with Crippen molar-refractivity contribution in [2.45, 2.75) is 45.8 Å². The number of carbonyl (C=O) groups is 4. The van der Waals surface area contributed by atoms with Gasteiger partial charge in [-0.3, -0.25) is 19.2 Å². The van der Waals surface area contributed by atoms with Crippen LogP contribution in [0, 0.1) is 0 Å². The van der Waals surface area contributed by atoms with Crippen LogP contribution < -0.4 is 5.32 Å². The Bertz CT molecular complexity index is 773. The minimum Gasteiger partial charge on any atom is -0.454 e. The Kier molecular flexibility index (Phi) is 7.14. The van der Waals surface area contributed by atoms with Crippen LogP contribution in [0.4, 0.5) is 0 Å². The third-order valence-corrected chi connectivity index (χ3v) is 3.56. The first-order valence-electron chi connectivity index (χ1n) is 8.48. The van der Waals surface area contributed by atoms with Gasteiger partial charge >= 0.3 is 17.9 Å². The summed E-state index contributed by atoms with van der Waals surface area (Å²) >= 11 is 0. The van der Waals surface area contributed by atoms with Crippen molar-refractivity contribution in [1.82, 2.24) is 5.32 Å². The van der Waals surface area contributed by atoms with E-state index in [1.165, 1.54) is 6.08 Å². The molecule has 0 unspecified atom stereocenters. The third kappa shape index (κ3) is 6.11. The number of carbonyl (C=O) groups excluding carboxylic acids is 4. The molecule has 28 heavy (non-hydrogen) atoms. The molecule has 1 heterocycles. The Morgan fingerprint density at radius 2 is 1.54 bits per heavy atom. The number of ether oxygens (including phenoxy) is 4. The molecule has 0 spiro atoms. The van der Waals surface area contributed by atoms with Crippen LogP contribution in [0.5, 0.6) is 0 Å². The summed E-state index contributed by atoms with van der Waals surface area (Å²) in [7, 11) is 0. The Morgan fingerprint density at radius 3 is 2.11 bits per heavy atom. The van der Waals surface area contributed by atoms with Crippen LogP contribution >= 0.6 is 0 Å². The second-order valence-electron chi connectivity index (χ2n) is 5.94. The molecule has 0 fully saturated rings. The van der Waals surface area contributed by atoms with Crippen LogP contribution in [0.25, 0.3) is 0 Å². The van der Waals surface area contributed by atoms with E-state index >= 15 is 0 Å². The van der Waals surface area contributed by atoms with Gasteiger partial charge < -0.3 is 24.3 Å². The van der Waals surface area contributed by atoms with E-state index in [0.717, 1.165) is 26.3 Å². The molecular weight excluding hydrogens is 370 g/mol. The highest BCUT2D eigenvalue weighted by Crippen LogP contribution is 2.25. The van der Waals surface area contributed by atoms with Crippen molar-refractivity contribution in [3.63, 3.8) is 0 Å². The Morgan fingerprint density at radius 1 is 0.929 bits per heavy atom. The van der Waals surface area contributed by atoms with Gasteiger partial charge in [-0.05, 0) is 5.56 Å². The number of rotatable bonds is 6. The molecule has 9 nitrogen and oxygen atoms in total. The topological polar surface area (TPSA) is 117 Å². The highest BCUT2D eigenvalue weighted by molar-refractivity contribution is 5.91. The predicted molar refractivity (Wildman–Crippen MR) is 94.1 cm³/mol. The normalized spacial score (nSPS) is 20.8. The highest BCUT2D eigenvalue weighted by Gasteiger charge is 2.43. The van der Waals surface area contributed by atoms with Gasteiger partial charge in [-0.1, -0.05) is 30.3 Å². The zero-order valence-corrected chi connectivity index (χ0v) is 15.7. The van der Waals surface area contributed by atoms with Crippen LogP contribution in [0.1, 0.15) is 26.3 Å². The van der Waals surface area contributed by atoms with Crippen molar-refractivity contribution in [3.8, 4) is 0 Å². The molecule has 150 valence electrons. The zero-order chi connectivity index (χ0) is 20.7. The Balaban J connectivity index is 2.21. The van der Waals surface area contributed by atoms with Gasteiger partial charge in [0.05, 0.1) is 0 Å². The molecule has 2 rings (SSSR count).